The van der Waals surface area contributed by atoms with E-state index in [1.165, 1.54) is 6.42 Å². The van der Waals surface area contributed by atoms with Gasteiger partial charge in [-0.1, -0.05) is 18.5 Å². The lowest BCUT2D eigenvalue weighted by Crippen LogP contribution is -2.50. The Balaban J connectivity index is 1.83. The Kier molecular flexibility index (Phi) is 5.58. The fourth-order valence-corrected chi connectivity index (χ4v) is 2.68. The van der Waals surface area contributed by atoms with Gasteiger partial charge in [0, 0.05) is 42.8 Å². The summed E-state index contributed by atoms with van der Waals surface area (Å²) in [6.45, 7) is 9.07. The maximum atomic E-state index is 12.2. The second kappa shape index (κ2) is 7.21. The van der Waals surface area contributed by atoms with Crippen molar-refractivity contribution in [3.8, 4) is 0 Å². The van der Waals surface area contributed by atoms with Crippen LogP contribution in [0, 0.1) is 0 Å². The zero-order chi connectivity index (χ0) is 14.5. The molecular formula is C16H23ClN2O. The minimum absolute atomic E-state index is 0.179. The fraction of sp³-hybridized carbons (Fsp3) is 0.562. The maximum Gasteiger partial charge on any atom is 0.176 e. The molecule has 1 heterocycles. The van der Waals surface area contributed by atoms with Crippen LogP contribution < -0.4 is 0 Å². The predicted molar refractivity (Wildman–Crippen MR) is 83.5 cm³/mol. The van der Waals surface area contributed by atoms with Crippen LogP contribution in [0.1, 0.15) is 30.6 Å². The number of rotatable bonds is 5. The number of benzene rings is 1. The van der Waals surface area contributed by atoms with Gasteiger partial charge in [-0.05, 0) is 37.6 Å². The summed E-state index contributed by atoms with van der Waals surface area (Å²) in [6.07, 6.45) is 1.18. The molecule has 0 aliphatic carbocycles. The summed E-state index contributed by atoms with van der Waals surface area (Å²) in [5.41, 5.74) is 0.749. The normalized spacial score (nSPS) is 18.9. The Bertz CT molecular complexity index is 438. The van der Waals surface area contributed by atoms with E-state index < -0.39 is 0 Å². The molecule has 3 nitrogen and oxygen atoms in total. The molecule has 1 aromatic rings. The highest BCUT2D eigenvalue weighted by Crippen LogP contribution is 2.12. The zero-order valence-corrected chi connectivity index (χ0v) is 13.1. The molecule has 1 aromatic carbocycles. The van der Waals surface area contributed by atoms with Gasteiger partial charge in [-0.2, -0.15) is 0 Å². The monoisotopic (exact) mass is 294 g/mol. The smallest absolute Gasteiger partial charge is 0.176 e. The molecule has 2 rings (SSSR count). The van der Waals surface area contributed by atoms with E-state index in [1.54, 1.807) is 24.3 Å². The lowest BCUT2D eigenvalue weighted by molar-refractivity contribution is 0.0784. The number of hydrogen-bond donors (Lipinski definition) is 0. The second-order valence-corrected chi connectivity index (χ2v) is 5.94. The predicted octanol–water partition coefficient (Wildman–Crippen LogP) is 2.94. The van der Waals surface area contributed by atoms with Crippen LogP contribution >= 0.6 is 11.6 Å². The first-order valence-corrected chi connectivity index (χ1v) is 7.73. The Labute approximate surface area is 126 Å². The van der Waals surface area contributed by atoms with Crippen molar-refractivity contribution in [2.24, 2.45) is 0 Å². The number of carbonyl (C=O) groups excluding carboxylic acids is 1. The molecule has 0 radical (unpaired) electrons. The maximum absolute atomic E-state index is 12.2. The molecule has 20 heavy (non-hydrogen) atoms. The lowest BCUT2D eigenvalue weighted by Gasteiger charge is -2.37. The Morgan fingerprint density at radius 2 is 1.80 bits per heavy atom. The SMILES string of the molecule is CCC(C)N1CCN(CC(=O)c2ccc(Cl)cc2)CC1. The number of hydrogen-bond acceptors (Lipinski definition) is 3. The van der Waals surface area contributed by atoms with Gasteiger partial charge in [-0.3, -0.25) is 14.6 Å². The third-order valence-electron chi connectivity index (χ3n) is 4.15. The van der Waals surface area contributed by atoms with Gasteiger partial charge in [0.1, 0.15) is 0 Å². The van der Waals surface area contributed by atoms with Crippen molar-refractivity contribution in [2.45, 2.75) is 26.3 Å². The van der Waals surface area contributed by atoms with Gasteiger partial charge >= 0.3 is 0 Å². The summed E-state index contributed by atoms with van der Waals surface area (Å²) < 4.78 is 0. The van der Waals surface area contributed by atoms with E-state index in [1.807, 2.05) is 0 Å². The standard InChI is InChI=1S/C16H23ClN2O/c1-3-13(2)19-10-8-18(9-11-19)12-16(20)14-4-6-15(17)7-5-14/h4-7,13H,3,8-12H2,1-2H3. The molecule has 1 unspecified atom stereocenters. The van der Waals surface area contributed by atoms with E-state index in [0.717, 1.165) is 31.7 Å². The van der Waals surface area contributed by atoms with Gasteiger partial charge in [0.15, 0.2) is 5.78 Å². The van der Waals surface area contributed by atoms with Crippen LogP contribution in [0.4, 0.5) is 0 Å². The first kappa shape index (κ1) is 15.5. The van der Waals surface area contributed by atoms with Crippen LogP contribution in [0.15, 0.2) is 24.3 Å². The highest BCUT2D eigenvalue weighted by Gasteiger charge is 2.21. The highest BCUT2D eigenvalue weighted by molar-refractivity contribution is 6.30. The summed E-state index contributed by atoms with van der Waals surface area (Å²) in [5.74, 6) is 0.179. The minimum Gasteiger partial charge on any atom is -0.298 e. The number of halogens is 1. The van der Waals surface area contributed by atoms with E-state index in [-0.39, 0.29) is 5.78 Å². The van der Waals surface area contributed by atoms with Crippen molar-refractivity contribution < 1.29 is 4.79 Å². The second-order valence-electron chi connectivity index (χ2n) is 5.50. The molecule has 0 saturated carbocycles. The first-order valence-electron chi connectivity index (χ1n) is 7.35. The van der Waals surface area contributed by atoms with Gasteiger partial charge in [0.2, 0.25) is 0 Å². The highest BCUT2D eigenvalue weighted by atomic mass is 35.5. The van der Waals surface area contributed by atoms with Crippen LogP contribution in [0.3, 0.4) is 0 Å². The minimum atomic E-state index is 0.179. The molecule has 1 fully saturated rings. The molecule has 4 heteroatoms. The third-order valence-corrected chi connectivity index (χ3v) is 4.41. The van der Waals surface area contributed by atoms with Gasteiger partial charge in [-0.25, -0.2) is 0 Å². The van der Waals surface area contributed by atoms with Crippen LogP contribution in [0.5, 0.6) is 0 Å². The molecule has 0 N–H and O–H groups in total. The summed E-state index contributed by atoms with van der Waals surface area (Å²) in [6, 6.07) is 7.80. The number of Topliss-reactive ketones (excluding diaryl/α,β-unsaturated/α-hetero) is 1. The van der Waals surface area contributed by atoms with Gasteiger partial charge < -0.3 is 0 Å². The molecule has 1 saturated heterocycles. The summed E-state index contributed by atoms with van der Waals surface area (Å²) in [5, 5.41) is 0.670. The average molecular weight is 295 g/mol. The average Bonchev–Trinajstić information content (AvgIpc) is 2.48. The van der Waals surface area contributed by atoms with Crippen LogP contribution in [-0.4, -0.2) is 54.3 Å². The molecule has 0 aromatic heterocycles. The quantitative estimate of drug-likeness (QED) is 0.780. The van der Waals surface area contributed by atoms with E-state index in [4.69, 9.17) is 11.6 Å². The van der Waals surface area contributed by atoms with Crippen molar-refractivity contribution in [3.63, 3.8) is 0 Å². The van der Waals surface area contributed by atoms with Gasteiger partial charge in [0.05, 0.1) is 6.54 Å². The Morgan fingerprint density at radius 3 is 2.35 bits per heavy atom. The number of nitrogens with zero attached hydrogens (tertiary/aromatic N) is 2. The first-order chi connectivity index (χ1) is 9.60. The van der Waals surface area contributed by atoms with Gasteiger partial charge in [0.25, 0.3) is 0 Å². The molecule has 0 amide bonds. The largest absolute Gasteiger partial charge is 0.298 e. The van der Waals surface area contributed by atoms with E-state index >= 15 is 0 Å². The number of piperazine rings is 1. The Hall–Kier alpha value is -0.900. The molecule has 0 spiro atoms. The van der Waals surface area contributed by atoms with Crippen molar-refractivity contribution in [1.29, 1.82) is 0 Å². The molecule has 1 atom stereocenters. The zero-order valence-electron chi connectivity index (χ0n) is 12.3. The van der Waals surface area contributed by atoms with E-state index in [9.17, 15) is 4.79 Å². The van der Waals surface area contributed by atoms with Crippen molar-refractivity contribution in [3.05, 3.63) is 34.9 Å². The van der Waals surface area contributed by atoms with Crippen LogP contribution in [0.2, 0.25) is 5.02 Å². The van der Waals surface area contributed by atoms with E-state index in [2.05, 4.69) is 23.6 Å². The summed E-state index contributed by atoms with van der Waals surface area (Å²) in [7, 11) is 0. The Morgan fingerprint density at radius 1 is 1.20 bits per heavy atom. The van der Waals surface area contributed by atoms with Crippen molar-refractivity contribution in [1.82, 2.24) is 9.80 Å². The van der Waals surface area contributed by atoms with Crippen LogP contribution in [-0.2, 0) is 0 Å². The fourth-order valence-electron chi connectivity index (χ4n) is 2.55. The molecule has 1 aliphatic heterocycles. The third kappa shape index (κ3) is 4.05. The topological polar surface area (TPSA) is 23.6 Å². The number of ketones is 1. The van der Waals surface area contributed by atoms with Crippen molar-refractivity contribution in [2.75, 3.05) is 32.7 Å². The van der Waals surface area contributed by atoms with Crippen molar-refractivity contribution >= 4 is 17.4 Å². The molecular weight excluding hydrogens is 272 g/mol. The summed E-state index contributed by atoms with van der Waals surface area (Å²) in [4.78, 5) is 16.9. The molecule has 110 valence electrons. The van der Waals surface area contributed by atoms with E-state index in [0.29, 0.717) is 17.6 Å². The van der Waals surface area contributed by atoms with Crippen LogP contribution in [0.25, 0.3) is 0 Å². The van der Waals surface area contributed by atoms with Gasteiger partial charge in [-0.15, -0.1) is 0 Å². The summed E-state index contributed by atoms with van der Waals surface area (Å²) >= 11 is 5.84. The lowest BCUT2D eigenvalue weighted by atomic mass is 10.1. The number of carbonyl (C=O) groups is 1. The molecule has 0 bridgehead atoms. The molecule has 1 aliphatic rings.